The fourth-order valence-electron chi connectivity index (χ4n) is 4.41. The Bertz CT molecular complexity index is 1790. The Morgan fingerprint density at radius 1 is 0.775 bits per heavy atom. The van der Waals surface area contributed by atoms with Crippen LogP contribution in [0.5, 0.6) is 11.5 Å². The normalized spacial score (nSPS) is 11.2. The molecule has 0 N–H and O–H groups in total. The molecule has 0 aliphatic rings. The van der Waals surface area contributed by atoms with Crippen LogP contribution in [0.2, 0.25) is 0 Å². The van der Waals surface area contributed by atoms with E-state index in [0.29, 0.717) is 18.1 Å². The molecule has 8 nitrogen and oxygen atoms in total. The summed E-state index contributed by atoms with van der Waals surface area (Å²) in [6.45, 7) is 0.339. The molecule has 0 bridgehead atoms. The number of hydrogen-bond donors (Lipinski definition) is 0. The summed E-state index contributed by atoms with van der Waals surface area (Å²) in [5.41, 5.74) is 0.758. The van der Waals surface area contributed by atoms with Gasteiger partial charge in [0.05, 0.1) is 30.2 Å². The number of ether oxygens (including phenoxy) is 3. The molecule has 0 spiro atoms. The van der Waals surface area contributed by atoms with Crippen LogP contribution < -0.4 is 9.47 Å². The lowest BCUT2D eigenvalue weighted by molar-refractivity contribution is 0.0599. The van der Waals surface area contributed by atoms with Gasteiger partial charge in [-0.15, -0.1) is 0 Å². The smallest absolute Gasteiger partial charge is 0.340 e. The Morgan fingerprint density at radius 3 is 2.02 bits per heavy atom. The summed E-state index contributed by atoms with van der Waals surface area (Å²) in [6, 6.07) is 28.2. The van der Waals surface area contributed by atoms with Gasteiger partial charge in [0.2, 0.25) is 5.78 Å². The Morgan fingerprint density at radius 2 is 1.40 bits per heavy atom. The number of hydrogen-bond acceptors (Lipinski definition) is 7. The molecule has 0 saturated heterocycles. The van der Waals surface area contributed by atoms with Crippen LogP contribution in [0.25, 0.3) is 10.9 Å². The standard InChI is InChI=1S/C31H25NO7S/c1-37-24-17-18-26-27(19-24)32(40(35,36)25-11-7-4-8-12-25)29(28(26)31(34)38-2)30(33)22-13-15-23(16-14-22)39-20-21-9-5-3-6-10-21/h3-19H,20H2,1-2H3. The van der Waals surface area contributed by atoms with Crippen molar-refractivity contribution >= 4 is 32.7 Å². The van der Waals surface area contributed by atoms with E-state index in [9.17, 15) is 18.0 Å². The number of aromatic nitrogens is 1. The van der Waals surface area contributed by atoms with Gasteiger partial charge in [0.15, 0.2) is 0 Å². The van der Waals surface area contributed by atoms with Gasteiger partial charge in [0.25, 0.3) is 10.0 Å². The van der Waals surface area contributed by atoms with Crippen molar-refractivity contribution in [2.75, 3.05) is 14.2 Å². The van der Waals surface area contributed by atoms with Crippen molar-refractivity contribution in [1.82, 2.24) is 3.97 Å². The molecule has 0 atom stereocenters. The van der Waals surface area contributed by atoms with Gasteiger partial charge in [0.1, 0.15) is 23.8 Å². The highest BCUT2D eigenvalue weighted by Crippen LogP contribution is 2.35. The molecule has 0 radical (unpaired) electrons. The van der Waals surface area contributed by atoms with Gasteiger partial charge in [-0.25, -0.2) is 17.2 Å². The maximum absolute atomic E-state index is 14.0. The second kappa shape index (κ2) is 11.1. The molecule has 5 aromatic rings. The molecule has 0 saturated carbocycles. The molecular formula is C31H25NO7S. The van der Waals surface area contributed by atoms with Crippen LogP contribution in [0.3, 0.4) is 0 Å². The van der Waals surface area contributed by atoms with Crippen LogP contribution in [-0.4, -0.2) is 38.4 Å². The predicted octanol–water partition coefficient (Wildman–Crippen LogP) is 5.48. The maximum Gasteiger partial charge on any atom is 0.340 e. The molecule has 0 amide bonds. The van der Waals surface area contributed by atoms with Crippen LogP contribution in [0, 0.1) is 0 Å². The van der Waals surface area contributed by atoms with Gasteiger partial charge in [-0.1, -0.05) is 48.5 Å². The zero-order valence-electron chi connectivity index (χ0n) is 21.7. The van der Waals surface area contributed by atoms with E-state index in [1.54, 1.807) is 36.4 Å². The second-order valence-corrected chi connectivity index (χ2v) is 10.6. The molecule has 0 fully saturated rings. The lowest BCUT2D eigenvalue weighted by Gasteiger charge is -2.13. The number of ketones is 1. The molecule has 1 aromatic heterocycles. The first kappa shape index (κ1) is 26.7. The second-order valence-electron chi connectivity index (χ2n) is 8.81. The van der Waals surface area contributed by atoms with Crippen LogP contribution >= 0.6 is 0 Å². The number of benzene rings is 4. The number of methoxy groups -OCH3 is 2. The van der Waals surface area contributed by atoms with Crippen molar-refractivity contribution < 1.29 is 32.2 Å². The topological polar surface area (TPSA) is 101 Å². The van der Waals surface area contributed by atoms with E-state index in [1.165, 1.54) is 50.6 Å². The van der Waals surface area contributed by atoms with E-state index in [1.807, 2.05) is 30.3 Å². The zero-order valence-corrected chi connectivity index (χ0v) is 22.6. The Balaban J connectivity index is 1.66. The highest BCUT2D eigenvalue weighted by Gasteiger charge is 2.34. The van der Waals surface area contributed by atoms with Gasteiger partial charge in [-0.3, -0.25) is 4.79 Å². The zero-order chi connectivity index (χ0) is 28.3. The molecule has 0 aliphatic heterocycles. The average molecular weight is 556 g/mol. The SMILES string of the molecule is COC(=O)c1c(C(=O)c2ccc(OCc3ccccc3)cc2)n(S(=O)(=O)c2ccccc2)c2cc(OC)ccc12. The Labute approximate surface area is 231 Å². The minimum Gasteiger partial charge on any atom is -0.497 e. The predicted molar refractivity (Wildman–Crippen MR) is 150 cm³/mol. The fraction of sp³-hybridized carbons (Fsp3) is 0.0968. The summed E-state index contributed by atoms with van der Waals surface area (Å²) in [5, 5.41) is 0.235. The molecule has 5 rings (SSSR count). The Kier molecular flexibility index (Phi) is 7.39. The Hall–Kier alpha value is -4.89. The van der Waals surface area contributed by atoms with Gasteiger partial charge < -0.3 is 14.2 Å². The first-order chi connectivity index (χ1) is 19.3. The van der Waals surface area contributed by atoms with E-state index in [4.69, 9.17) is 14.2 Å². The fourth-order valence-corrected chi connectivity index (χ4v) is 5.95. The number of carbonyl (C=O) groups is 2. The number of nitrogens with zero attached hydrogens (tertiary/aromatic N) is 1. The van der Waals surface area contributed by atoms with E-state index in [2.05, 4.69) is 0 Å². The third-order valence-corrected chi connectivity index (χ3v) is 8.11. The maximum atomic E-state index is 14.0. The molecule has 4 aromatic carbocycles. The van der Waals surface area contributed by atoms with Crippen LogP contribution in [0.4, 0.5) is 0 Å². The number of esters is 1. The number of rotatable bonds is 9. The molecule has 9 heteroatoms. The molecule has 202 valence electrons. The monoisotopic (exact) mass is 555 g/mol. The summed E-state index contributed by atoms with van der Waals surface area (Å²) >= 11 is 0. The summed E-state index contributed by atoms with van der Waals surface area (Å²) in [4.78, 5) is 27.0. The summed E-state index contributed by atoms with van der Waals surface area (Å²) < 4.78 is 45.0. The first-order valence-corrected chi connectivity index (χ1v) is 13.7. The minimum atomic E-state index is -4.33. The lowest BCUT2D eigenvalue weighted by atomic mass is 10.0. The van der Waals surface area contributed by atoms with Gasteiger partial charge in [-0.2, -0.15) is 0 Å². The van der Waals surface area contributed by atoms with E-state index in [0.717, 1.165) is 9.54 Å². The molecule has 0 aliphatic carbocycles. The van der Waals surface area contributed by atoms with Crippen molar-refractivity contribution in [3.63, 3.8) is 0 Å². The van der Waals surface area contributed by atoms with Crippen LogP contribution in [0.15, 0.2) is 108 Å². The van der Waals surface area contributed by atoms with E-state index >= 15 is 0 Å². The third kappa shape index (κ3) is 4.94. The van der Waals surface area contributed by atoms with Crippen molar-refractivity contribution in [3.05, 3.63) is 126 Å². The molecule has 0 unspecified atom stereocenters. The van der Waals surface area contributed by atoms with E-state index < -0.39 is 21.8 Å². The highest BCUT2D eigenvalue weighted by molar-refractivity contribution is 7.90. The van der Waals surface area contributed by atoms with Crippen molar-refractivity contribution in [1.29, 1.82) is 0 Å². The van der Waals surface area contributed by atoms with E-state index in [-0.39, 0.29) is 32.6 Å². The largest absolute Gasteiger partial charge is 0.497 e. The van der Waals surface area contributed by atoms with Crippen molar-refractivity contribution in [2.45, 2.75) is 11.5 Å². The first-order valence-electron chi connectivity index (χ1n) is 12.3. The van der Waals surface area contributed by atoms with Gasteiger partial charge in [-0.05, 0) is 54.1 Å². The lowest BCUT2D eigenvalue weighted by Crippen LogP contribution is -2.21. The molecule has 40 heavy (non-hydrogen) atoms. The molecule has 1 heterocycles. The summed E-state index contributed by atoms with van der Waals surface area (Å²) in [5.74, 6) is -0.645. The summed E-state index contributed by atoms with van der Waals surface area (Å²) in [6.07, 6.45) is 0. The number of fused-ring (bicyclic) bond motifs is 1. The van der Waals surface area contributed by atoms with Gasteiger partial charge in [0, 0.05) is 17.0 Å². The van der Waals surface area contributed by atoms with Crippen LogP contribution in [0.1, 0.15) is 32.0 Å². The minimum absolute atomic E-state index is 0.0511. The number of carbonyl (C=O) groups excluding carboxylic acids is 2. The molecular weight excluding hydrogens is 530 g/mol. The third-order valence-electron chi connectivity index (χ3n) is 6.38. The highest BCUT2D eigenvalue weighted by atomic mass is 32.2. The quantitative estimate of drug-likeness (QED) is 0.175. The van der Waals surface area contributed by atoms with Crippen molar-refractivity contribution in [2.24, 2.45) is 0 Å². The average Bonchev–Trinajstić information content (AvgIpc) is 3.35. The van der Waals surface area contributed by atoms with Crippen LogP contribution in [-0.2, 0) is 21.4 Å². The van der Waals surface area contributed by atoms with Gasteiger partial charge >= 0.3 is 5.97 Å². The van der Waals surface area contributed by atoms with Crippen molar-refractivity contribution in [3.8, 4) is 11.5 Å². The summed E-state index contributed by atoms with van der Waals surface area (Å²) in [7, 11) is -1.72.